The van der Waals surface area contributed by atoms with Crippen LogP contribution in [0.15, 0.2) is 0 Å². The summed E-state index contributed by atoms with van der Waals surface area (Å²) in [6, 6.07) is 0. The maximum Gasteiger partial charge on any atom is 0.110 e. The van der Waals surface area contributed by atoms with Crippen molar-refractivity contribution in [1.82, 2.24) is 0 Å². The molecule has 0 aromatic carbocycles. The van der Waals surface area contributed by atoms with Crippen molar-refractivity contribution in [2.45, 2.75) is 38.6 Å². The minimum Gasteiger partial charge on any atom is -0.391 e. The SMILES string of the molecule is CC[C@@H]1O[C@H]1[C@H](C)O. The van der Waals surface area contributed by atoms with Gasteiger partial charge in [-0.2, -0.15) is 0 Å². The molecule has 8 heavy (non-hydrogen) atoms. The number of rotatable bonds is 2. The van der Waals surface area contributed by atoms with E-state index in [1.165, 1.54) is 0 Å². The monoisotopic (exact) mass is 116 g/mol. The topological polar surface area (TPSA) is 32.8 Å². The lowest BCUT2D eigenvalue weighted by Crippen LogP contribution is -2.10. The summed E-state index contributed by atoms with van der Waals surface area (Å²) in [5.41, 5.74) is 0. The minimum absolute atomic E-state index is 0.139. The summed E-state index contributed by atoms with van der Waals surface area (Å²) in [4.78, 5) is 0. The van der Waals surface area contributed by atoms with E-state index in [1.54, 1.807) is 6.92 Å². The van der Waals surface area contributed by atoms with Crippen molar-refractivity contribution in [3.05, 3.63) is 0 Å². The first-order chi connectivity index (χ1) is 3.75. The van der Waals surface area contributed by atoms with Gasteiger partial charge in [0.25, 0.3) is 0 Å². The highest BCUT2D eigenvalue weighted by Gasteiger charge is 2.40. The van der Waals surface area contributed by atoms with Gasteiger partial charge in [-0.1, -0.05) is 6.92 Å². The van der Waals surface area contributed by atoms with Crippen LogP contribution in [0.2, 0.25) is 0 Å². The van der Waals surface area contributed by atoms with Crippen LogP contribution in [0.1, 0.15) is 20.3 Å². The van der Waals surface area contributed by atoms with Crippen molar-refractivity contribution >= 4 is 0 Å². The van der Waals surface area contributed by atoms with Gasteiger partial charge in [-0.25, -0.2) is 0 Å². The lowest BCUT2D eigenvalue weighted by atomic mass is 10.2. The van der Waals surface area contributed by atoms with E-state index in [2.05, 4.69) is 6.92 Å². The van der Waals surface area contributed by atoms with Gasteiger partial charge in [-0.3, -0.25) is 0 Å². The quantitative estimate of drug-likeness (QED) is 0.534. The van der Waals surface area contributed by atoms with E-state index in [0.717, 1.165) is 6.42 Å². The molecule has 0 spiro atoms. The van der Waals surface area contributed by atoms with Crippen LogP contribution >= 0.6 is 0 Å². The molecule has 1 saturated heterocycles. The van der Waals surface area contributed by atoms with Crippen LogP contribution in [0.5, 0.6) is 0 Å². The molecule has 0 aromatic rings. The van der Waals surface area contributed by atoms with Crippen LogP contribution in [-0.2, 0) is 4.74 Å². The molecule has 1 aliphatic rings. The van der Waals surface area contributed by atoms with Crippen molar-refractivity contribution in [2.24, 2.45) is 0 Å². The maximum atomic E-state index is 8.87. The first-order valence-corrected chi connectivity index (χ1v) is 3.09. The Kier molecular flexibility index (Phi) is 1.54. The largest absolute Gasteiger partial charge is 0.391 e. The Bertz CT molecular complexity index is 80.6. The Morgan fingerprint density at radius 2 is 2.38 bits per heavy atom. The van der Waals surface area contributed by atoms with E-state index in [9.17, 15) is 0 Å². The molecule has 3 atom stereocenters. The summed E-state index contributed by atoms with van der Waals surface area (Å²) in [7, 11) is 0. The van der Waals surface area contributed by atoms with Gasteiger partial charge in [0.05, 0.1) is 12.2 Å². The predicted molar refractivity (Wildman–Crippen MR) is 30.6 cm³/mol. The van der Waals surface area contributed by atoms with E-state index in [4.69, 9.17) is 9.84 Å². The fourth-order valence-electron chi connectivity index (χ4n) is 0.909. The molecular formula is C6H12O2. The van der Waals surface area contributed by atoms with Crippen molar-refractivity contribution in [2.75, 3.05) is 0 Å². The fourth-order valence-corrected chi connectivity index (χ4v) is 0.909. The highest BCUT2D eigenvalue weighted by atomic mass is 16.6. The van der Waals surface area contributed by atoms with Crippen LogP contribution in [0.25, 0.3) is 0 Å². The first-order valence-electron chi connectivity index (χ1n) is 3.09. The Morgan fingerprint density at radius 3 is 2.50 bits per heavy atom. The van der Waals surface area contributed by atoms with Gasteiger partial charge in [0.1, 0.15) is 6.10 Å². The second-order valence-electron chi connectivity index (χ2n) is 2.29. The summed E-state index contributed by atoms with van der Waals surface area (Å²) in [6.45, 7) is 3.83. The average molecular weight is 116 g/mol. The van der Waals surface area contributed by atoms with Gasteiger partial charge in [0.15, 0.2) is 0 Å². The Morgan fingerprint density at radius 1 is 1.75 bits per heavy atom. The third kappa shape index (κ3) is 1.01. The standard InChI is InChI=1S/C6H12O2/c1-3-5-6(8-5)4(2)7/h4-7H,3H2,1-2H3/t4-,5-,6-/m0/s1. The molecule has 1 heterocycles. The van der Waals surface area contributed by atoms with Gasteiger partial charge in [0, 0.05) is 0 Å². The number of ether oxygens (including phenoxy) is 1. The molecule has 2 nitrogen and oxygen atoms in total. The highest BCUT2D eigenvalue weighted by Crippen LogP contribution is 2.27. The molecule has 1 aliphatic heterocycles. The zero-order valence-corrected chi connectivity index (χ0v) is 5.29. The third-order valence-corrected chi connectivity index (χ3v) is 1.50. The Hall–Kier alpha value is -0.0800. The average Bonchev–Trinajstić information content (AvgIpc) is 2.42. The van der Waals surface area contributed by atoms with Crippen molar-refractivity contribution < 1.29 is 9.84 Å². The molecule has 0 aliphatic carbocycles. The van der Waals surface area contributed by atoms with Gasteiger partial charge >= 0.3 is 0 Å². The Labute approximate surface area is 49.5 Å². The van der Waals surface area contributed by atoms with Crippen LogP contribution in [0.3, 0.4) is 0 Å². The van der Waals surface area contributed by atoms with E-state index >= 15 is 0 Å². The lowest BCUT2D eigenvalue weighted by Gasteiger charge is -1.93. The Balaban J connectivity index is 2.16. The molecular weight excluding hydrogens is 104 g/mol. The number of aliphatic hydroxyl groups is 1. The maximum absolute atomic E-state index is 8.87. The van der Waals surface area contributed by atoms with Gasteiger partial charge in [-0.05, 0) is 13.3 Å². The number of aliphatic hydroxyl groups excluding tert-OH is 1. The van der Waals surface area contributed by atoms with Crippen molar-refractivity contribution in [3.63, 3.8) is 0 Å². The molecule has 0 radical (unpaired) electrons. The molecule has 1 N–H and O–H groups in total. The normalized spacial score (nSPS) is 39.4. The molecule has 0 aromatic heterocycles. The van der Waals surface area contributed by atoms with E-state index in [1.807, 2.05) is 0 Å². The molecule has 0 amide bonds. The van der Waals surface area contributed by atoms with E-state index in [0.29, 0.717) is 6.10 Å². The van der Waals surface area contributed by atoms with Crippen LogP contribution in [0.4, 0.5) is 0 Å². The molecule has 1 fully saturated rings. The first kappa shape index (κ1) is 6.05. The summed E-state index contributed by atoms with van der Waals surface area (Å²) < 4.78 is 5.08. The molecule has 48 valence electrons. The summed E-state index contributed by atoms with van der Waals surface area (Å²) in [5, 5.41) is 8.87. The minimum atomic E-state index is -0.278. The van der Waals surface area contributed by atoms with Gasteiger partial charge in [0.2, 0.25) is 0 Å². The molecule has 0 saturated carbocycles. The molecule has 1 rings (SSSR count). The van der Waals surface area contributed by atoms with Crippen molar-refractivity contribution in [1.29, 1.82) is 0 Å². The fraction of sp³-hybridized carbons (Fsp3) is 1.00. The number of hydrogen-bond donors (Lipinski definition) is 1. The zero-order valence-electron chi connectivity index (χ0n) is 5.29. The van der Waals surface area contributed by atoms with E-state index < -0.39 is 0 Å². The number of epoxide rings is 1. The summed E-state index contributed by atoms with van der Waals surface area (Å²) in [5.74, 6) is 0. The van der Waals surface area contributed by atoms with E-state index in [-0.39, 0.29) is 12.2 Å². The van der Waals surface area contributed by atoms with Crippen LogP contribution in [-0.4, -0.2) is 23.4 Å². The highest BCUT2D eigenvalue weighted by molar-refractivity contribution is 4.87. The van der Waals surface area contributed by atoms with Gasteiger partial charge < -0.3 is 9.84 Å². The molecule has 0 bridgehead atoms. The third-order valence-electron chi connectivity index (χ3n) is 1.50. The zero-order chi connectivity index (χ0) is 6.15. The van der Waals surface area contributed by atoms with Crippen molar-refractivity contribution in [3.8, 4) is 0 Å². The molecule has 2 heteroatoms. The molecule has 0 unspecified atom stereocenters. The van der Waals surface area contributed by atoms with Crippen LogP contribution < -0.4 is 0 Å². The lowest BCUT2D eigenvalue weighted by molar-refractivity contribution is 0.152. The van der Waals surface area contributed by atoms with Gasteiger partial charge in [-0.15, -0.1) is 0 Å². The predicted octanol–water partition coefficient (Wildman–Crippen LogP) is 0.545. The second-order valence-corrected chi connectivity index (χ2v) is 2.29. The smallest absolute Gasteiger partial charge is 0.110 e. The summed E-state index contributed by atoms with van der Waals surface area (Å²) in [6.07, 6.45) is 1.23. The van der Waals surface area contributed by atoms with Crippen LogP contribution in [0, 0.1) is 0 Å². The summed E-state index contributed by atoms with van der Waals surface area (Å²) >= 11 is 0. The second kappa shape index (κ2) is 2.03. The number of hydrogen-bond acceptors (Lipinski definition) is 2.